The lowest BCUT2D eigenvalue weighted by Crippen LogP contribution is -2.54. The van der Waals surface area contributed by atoms with E-state index >= 15 is 0 Å². The molecule has 0 bridgehead atoms. The maximum atomic E-state index is 13.7. The van der Waals surface area contributed by atoms with Gasteiger partial charge in [0.25, 0.3) is 0 Å². The van der Waals surface area contributed by atoms with E-state index in [2.05, 4.69) is 73.0 Å². The molecule has 10 heteroatoms. The zero-order chi connectivity index (χ0) is 29.1. The summed E-state index contributed by atoms with van der Waals surface area (Å²) in [6.07, 6.45) is -0.741. The van der Waals surface area contributed by atoms with Crippen molar-refractivity contribution in [1.82, 2.24) is 5.32 Å². The first kappa shape index (κ1) is 32.2. The Kier molecular flexibility index (Phi) is 8.89. The fraction of sp³-hybridized carbons (Fsp3) is 0.964. The lowest BCUT2D eigenvalue weighted by Gasteiger charge is -2.43. The molecule has 1 amide bonds. The van der Waals surface area contributed by atoms with Gasteiger partial charge in [-0.05, 0) is 70.4 Å². The molecule has 0 aromatic heterocycles. The summed E-state index contributed by atoms with van der Waals surface area (Å²) in [5.74, 6) is -1.79. The minimum absolute atomic E-state index is 0.0106. The average Bonchev–Trinajstić information content (AvgIpc) is 3.38. The molecule has 3 heterocycles. The summed E-state index contributed by atoms with van der Waals surface area (Å²) in [6, 6.07) is -0.218. The lowest BCUT2D eigenvalue weighted by atomic mass is 9.92. The van der Waals surface area contributed by atoms with Crippen LogP contribution in [0.5, 0.6) is 0 Å². The third-order valence-electron chi connectivity index (χ3n) is 9.23. The molecule has 0 aromatic carbocycles. The van der Waals surface area contributed by atoms with Crippen molar-refractivity contribution < 1.29 is 32.6 Å². The molecule has 0 aromatic rings. The van der Waals surface area contributed by atoms with E-state index in [1.165, 1.54) is 0 Å². The molecule has 0 saturated carbocycles. The third-order valence-corrected chi connectivity index (χ3v) is 18.2. The molecule has 3 aliphatic rings. The summed E-state index contributed by atoms with van der Waals surface area (Å²) >= 11 is 0. The number of carbonyl (C=O) groups excluding carboxylic acids is 1. The molecule has 0 radical (unpaired) electrons. The average molecular weight is 574 g/mol. The highest BCUT2D eigenvalue weighted by atomic mass is 28.4. The van der Waals surface area contributed by atoms with E-state index in [-0.39, 0.29) is 46.3 Å². The summed E-state index contributed by atoms with van der Waals surface area (Å²) in [4.78, 5) is 13.7. The van der Waals surface area contributed by atoms with Crippen molar-refractivity contribution in [1.29, 1.82) is 0 Å². The van der Waals surface area contributed by atoms with E-state index in [4.69, 9.17) is 27.8 Å². The number of hydrogen-bond acceptors (Lipinski definition) is 7. The smallest absolute Gasteiger partial charge is 0.226 e. The zero-order valence-electron chi connectivity index (χ0n) is 26.4. The standard InChI is InChI=1S/C28H55NO7Si2/c1-25(2,3)37(11,12)35-22(20-16-31-27(7,8)33-20)18-15-19(29-24(18)30)23(21-17-32-28(9,10)34-21)36-38(13,14)26(4,5)6/h18-23H,15-17H2,1-14H3,(H,29,30)/t18-,19+,20-,21+,22+,23-/m1/s1. The van der Waals surface area contributed by atoms with Crippen LogP contribution in [0, 0.1) is 5.92 Å². The van der Waals surface area contributed by atoms with Gasteiger partial charge in [-0.25, -0.2) is 0 Å². The Morgan fingerprint density at radius 3 is 1.55 bits per heavy atom. The number of hydrogen-bond donors (Lipinski definition) is 1. The number of carbonyl (C=O) groups is 1. The molecule has 0 spiro atoms. The van der Waals surface area contributed by atoms with Crippen LogP contribution in [0.1, 0.15) is 75.7 Å². The van der Waals surface area contributed by atoms with Gasteiger partial charge >= 0.3 is 0 Å². The number of ether oxygens (including phenoxy) is 4. The van der Waals surface area contributed by atoms with Crippen molar-refractivity contribution in [3.05, 3.63) is 0 Å². The Balaban J connectivity index is 1.92. The van der Waals surface area contributed by atoms with Crippen molar-refractivity contribution in [2.75, 3.05) is 13.2 Å². The second-order valence-electron chi connectivity index (χ2n) is 15.4. The summed E-state index contributed by atoms with van der Waals surface area (Å²) in [5.41, 5.74) is 0. The molecule has 0 unspecified atom stereocenters. The van der Waals surface area contributed by atoms with Crippen LogP contribution in [0.3, 0.4) is 0 Å². The molecule has 3 fully saturated rings. The Morgan fingerprint density at radius 2 is 1.18 bits per heavy atom. The predicted molar refractivity (Wildman–Crippen MR) is 154 cm³/mol. The second-order valence-corrected chi connectivity index (χ2v) is 24.9. The SMILES string of the molecule is CC1(C)OC[C@@H]([C@H](O[Si](C)(C)C(C)(C)C)[C@@H]2C[C@H]([C@H](O[Si](C)(C)C(C)(C)C)[C@H]3COC(C)(C)O3)C(=O)N2)O1. The Morgan fingerprint density at radius 1 is 0.789 bits per heavy atom. The Hall–Kier alpha value is -0.336. The largest absolute Gasteiger partial charge is 0.410 e. The van der Waals surface area contributed by atoms with E-state index in [0.29, 0.717) is 19.6 Å². The number of amides is 1. The van der Waals surface area contributed by atoms with Crippen LogP contribution in [0.4, 0.5) is 0 Å². The fourth-order valence-electron chi connectivity index (χ4n) is 4.85. The van der Waals surface area contributed by atoms with Gasteiger partial charge in [0.1, 0.15) is 12.2 Å². The van der Waals surface area contributed by atoms with Crippen LogP contribution < -0.4 is 5.32 Å². The van der Waals surface area contributed by atoms with Gasteiger partial charge in [-0.1, -0.05) is 41.5 Å². The zero-order valence-corrected chi connectivity index (χ0v) is 28.4. The fourth-order valence-corrected chi connectivity index (χ4v) is 7.55. The van der Waals surface area contributed by atoms with Crippen LogP contribution in [0.25, 0.3) is 0 Å². The molecule has 0 aliphatic carbocycles. The summed E-state index contributed by atoms with van der Waals surface area (Å²) in [7, 11) is -4.40. The first-order chi connectivity index (χ1) is 16.9. The third kappa shape index (κ3) is 7.10. The highest BCUT2D eigenvalue weighted by molar-refractivity contribution is 6.74. The predicted octanol–water partition coefficient (Wildman–Crippen LogP) is 5.57. The number of rotatable bonds is 8. The van der Waals surface area contributed by atoms with Crippen molar-refractivity contribution >= 4 is 22.5 Å². The van der Waals surface area contributed by atoms with Crippen molar-refractivity contribution in [2.24, 2.45) is 5.92 Å². The Bertz CT molecular complexity index is 862. The molecule has 1 N–H and O–H groups in total. The highest BCUT2D eigenvalue weighted by Gasteiger charge is 2.54. The molecule has 8 nitrogen and oxygen atoms in total. The first-order valence-electron chi connectivity index (χ1n) is 14.2. The van der Waals surface area contributed by atoms with Gasteiger partial charge in [0.05, 0.1) is 37.4 Å². The van der Waals surface area contributed by atoms with Crippen molar-refractivity contribution in [3.63, 3.8) is 0 Å². The van der Waals surface area contributed by atoms with E-state index < -0.39 is 34.3 Å². The minimum atomic E-state index is -2.22. The van der Waals surface area contributed by atoms with Crippen LogP contribution in [-0.2, 0) is 32.6 Å². The van der Waals surface area contributed by atoms with E-state index in [0.717, 1.165) is 0 Å². The molecule has 3 aliphatic heterocycles. The second kappa shape index (κ2) is 10.5. The maximum absolute atomic E-state index is 13.7. The lowest BCUT2D eigenvalue weighted by molar-refractivity contribution is -0.156. The van der Waals surface area contributed by atoms with Crippen molar-refractivity contribution in [3.8, 4) is 0 Å². The van der Waals surface area contributed by atoms with Gasteiger partial charge in [0.2, 0.25) is 5.91 Å². The molecule has 3 rings (SSSR count). The topological polar surface area (TPSA) is 84.5 Å². The summed E-state index contributed by atoms with van der Waals surface area (Å²) in [5, 5.41) is 3.29. The monoisotopic (exact) mass is 573 g/mol. The quantitative estimate of drug-likeness (QED) is 0.380. The van der Waals surface area contributed by atoms with Crippen LogP contribution >= 0.6 is 0 Å². The van der Waals surface area contributed by atoms with Crippen molar-refractivity contribution in [2.45, 2.75) is 154 Å². The minimum Gasteiger partial charge on any atom is -0.410 e. The molecule has 6 atom stereocenters. The van der Waals surface area contributed by atoms with Gasteiger partial charge in [0, 0.05) is 0 Å². The van der Waals surface area contributed by atoms with Gasteiger partial charge in [-0.3, -0.25) is 4.79 Å². The van der Waals surface area contributed by atoms with Gasteiger partial charge in [-0.15, -0.1) is 0 Å². The van der Waals surface area contributed by atoms with E-state index in [1.807, 2.05) is 27.7 Å². The normalized spacial score (nSPS) is 31.9. The van der Waals surface area contributed by atoms with E-state index in [9.17, 15) is 4.79 Å². The highest BCUT2D eigenvalue weighted by Crippen LogP contribution is 2.44. The Labute approximate surface area is 233 Å². The van der Waals surface area contributed by atoms with Gasteiger partial charge in [0.15, 0.2) is 28.2 Å². The van der Waals surface area contributed by atoms with Crippen LogP contribution in [-0.4, -0.2) is 77.8 Å². The first-order valence-corrected chi connectivity index (χ1v) is 20.1. The molecule has 3 saturated heterocycles. The van der Waals surface area contributed by atoms with Gasteiger partial charge in [-0.2, -0.15) is 0 Å². The summed E-state index contributed by atoms with van der Waals surface area (Å²) < 4.78 is 38.5. The number of nitrogens with one attached hydrogen (secondary N) is 1. The molecular formula is C28H55NO7Si2. The van der Waals surface area contributed by atoms with Crippen LogP contribution in [0.15, 0.2) is 0 Å². The summed E-state index contributed by atoms with van der Waals surface area (Å²) in [6.45, 7) is 30.8. The molecule has 222 valence electrons. The maximum Gasteiger partial charge on any atom is 0.226 e. The van der Waals surface area contributed by atoms with Crippen LogP contribution in [0.2, 0.25) is 36.3 Å². The molecule has 38 heavy (non-hydrogen) atoms. The van der Waals surface area contributed by atoms with E-state index in [1.54, 1.807) is 0 Å². The molecular weight excluding hydrogens is 518 g/mol. The van der Waals surface area contributed by atoms with Gasteiger partial charge < -0.3 is 33.1 Å².